The van der Waals surface area contributed by atoms with Crippen LogP contribution >= 0.6 is 11.3 Å². The third-order valence-corrected chi connectivity index (χ3v) is 7.37. The number of aromatic nitrogens is 1. The summed E-state index contributed by atoms with van der Waals surface area (Å²) in [7, 11) is 1.95. The second kappa shape index (κ2) is 12.3. The van der Waals surface area contributed by atoms with Crippen molar-refractivity contribution in [2.45, 2.75) is 39.8 Å². The van der Waals surface area contributed by atoms with E-state index < -0.39 is 5.97 Å². The van der Waals surface area contributed by atoms with E-state index in [0.717, 1.165) is 60.5 Å². The first-order valence-electron chi connectivity index (χ1n) is 12.4. The van der Waals surface area contributed by atoms with Gasteiger partial charge in [0.05, 0.1) is 18.9 Å². The molecule has 1 fully saturated rings. The predicted molar refractivity (Wildman–Crippen MR) is 144 cm³/mol. The zero-order valence-corrected chi connectivity index (χ0v) is 22.1. The second-order valence-electron chi connectivity index (χ2n) is 9.37. The summed E-state index contributed by atoms with van der Waals surface area (Å²) in [6.07, 6.45) is 0.746. The summed E-state index contributed by atoms with van der Waals surface area (Å²) in [6.45, 7) is 9.89. The van der Waals surface area contributed by atoms with Crippen molar-refractivity contribution in [2.75, 3.05) is 44.8 Å². The summed E-state index contributed by atoms with van der Waals surface area (Å²) < 4.78 is 11.8. The Labute approximate surface area is 217 Å². The molecule has 192 valence electrons. The van der Waals surface area contributed by atoms with Gasteiger partial charge in [0.25, 0.3) is 0 Å². The molecule has 0 bridgehead atoms. The molecule has 0 aliphatic carbocycles. The van der Waals surface area contributed by atoms with E-state index in [4.69, 9.17) is 19.6 Å². The molecule has 2 aromatic carbocycles. The summed E-state index contributed by atoms with van der Waals surface area (Å²) >= 11 is 1.56. The third kappa shape index (κ3) is 7.06. The number of ether oxygens (including phenoxy) is 2. The number of carbonyl (C=O) groups is 1. The fraction of sp³-hybridized carbons (Fsp3) is 0.429. The topological polar surface area (TPSA) is 75.1 Å². The minimum atomic E-state index is -0.772. The lowest BCUT2D eigenvalue weighted by Gasteiger charge is -2.26. The van der Waals surface area contributed by atoms with E-state index in [-0.39, 0.29) is 6.42 Å². The van der Waals surface area contributed by atoms with Gasteiger partial charge in [-0.2, -0.15) is 0 Å². The van der Waals surface area contributed by atoms with Crippen LogP contribution in [0.15, 0.2) is 41.8 Å². The number of carboxylic acid groups (broad SMARTS) is 1. The van der Waals surface area contributed by atoms with Crippen molar-refractivity contribution in [3.63, 3.8) is 0 Å². The molecule has 0 spiro atoms. The summed E-state index contributed by atoms with van der Waals surface area (Å²) in [4.78, 5) is 20.1. The molecule has 1 aliphatic heterocycles. The highest BCUT2D eigenvalue weighted by molar-refractivity contribution is 7.14. The van der Waals surface area contributed by atoms with Gasteiger partial charge >= 0.3 is 5.97 Å². The van der Waals surface area contributed by atoms with Crippen molar-refractivity contribution < 1.29 is 19.4 Å². The number of hydrogen-bond acceptors (Lipinski definition) is 7. The molecular formula is C28H35N3O4S. The standard InChI is InChI=1S/C28H35N3O4S/c1-20-6-9-26(24(15-20)25-19-36-28(29-25)30(3)10-4-5-27(32)33)35-18-23-8-7-22(16-21(23)2)17-31-11-13-34-14-12-31/h6-9,15-16,19H,4-5,10-14,17-18H2,1-3H3,(H,32,33). The number of carboxylic acids is 1. The molecule has 0 unspecified atom stereocenters. The van der Waals surface area contributed by atoms with E-state index in [9.17, 15) is 4.79 Å². The van der Waals surface area contributed by atoms with Crippen LogP contribution in [-0.4, -0.2) is 60.9 Å². The van der Waals surface area contributed by atoms with E-state index in [1.54, 1.807) is 11.3 Å². The number of aryl methyl sites for hydroxylation is 2. The minimum Gasteiger partial charge on any atom is -0.488 e. The number of rotatable bonds is 11. The maximum Gasteiger partial charge on any atom is 0.303 e. The molecule has 1 aliphatic rings. The smallest absolute Gasteiger partial charge is 0.303 e. The number of aliphatic carboxylic acids is 1. The lowest BCUT2D eigenvalue weighted by atomic mass is 10.0. The first kappa shape index (κ1) is 26.1. The zero-order valence-electron chi connectivity index (χ0n) is 21.3. The lowest BCUT2D eigenvalue weighted by Crippen LogP contribution is -2.35. The van der Waals surface area contributed by atoms with E-state index >= 15 is 0 Å². The van der Waals surface area contributed by atoms with Gasteiger partial charge in [0, 0.05) is 50.6 Å². The molecule has 0 saturated carbocycles. The van der Waals surface area contributed by atoms with Crippen LogP contribution in [0.3, 0.4) is 0 Å². The van der Waals surface area contributed by atoms with Crippen LogP contribution in [0.2, 0.25) is 0 Å². The Balaban J connectivity index is 1.43. The van der Waals surface area contributed by atoms with Crippen LogP contribution in [0.25, 0.3) is 11.3 Å². The van der Waals surface area contributed by atoms with Gasteiger partial charge in [0.15, 0.2) is 5.13 Å². The zero-order chi connectivity index (χ0) is 25.5. The van der Waals surface area contributed by atoms with Gasteiger partial charge in [-0.3, -0.25) is 9.69 Å². The molecule has 2 heterocycles. The number of morpholine rings is 1. The van der Waals surface area contributed by atoms with Crippen molar-refractivity contribution in [3.05, 3.63) is 64.0 Å². The maximum atomic E-state index is 10.8. The monoisotopic (exact) mass is 509 g/mol. The molecule has 1 saturated heterocycles. The van der Waals surface area contributed by atoms with Gasteiger partial charge in [-0.1, -0.05) is 29.8 Å². The molecular weight excluding hydrogens is 474 g/mol. The van der Waals surface area contributed by atoms with Crippen molar-refractivity contribution in [1.29, 1.82) is 0 Å². The summed E-state index contributed by atoms with van der Waals surface area (Å²) in [5, 5.41) is 11.8. The average molecular weight is 510 g/mol. The van der Waals surface area contributed by atoms with Gasteiger partial charge in [-0.25, -0.2) is 4.98 Å². The highest BCUT2D eigenvalue weighted by Gasteiger charge is 2.15. The largest absolute Gasteiger partial charge is 0.488 e. The summed E-state index contributed by atoms with van der Waals surface area (Å²) in [5.41, 5.74) is 6.70. The number of anilines is 1. The van der Waals surface area contributed by atoms with Crippen LogP contribution in [0.1, 0.15) is 35.1 Å². The highest BCUT2D eigenvalue weighted by Crippen LogP contribution is 2.34. The van der Waals surface area contributed by atoms with Crippen molar-refractivity contribution in [1.82, 2.24) is 9.88 Å². The highest BCUT2D eigenvalue weighted by atomic mass is 32.1. The molecule has 0 radical (unpaired) electrons. The fourth-order valence-electron chi connectivity index (χ4n) is 4.29. The predicted octanol–water partition coefficient (Wildman–Crippen LogP) is 5.14. The number of thiazole rings is 1. The molecule has 4 rings (SSSR count). The molecule has 1 aromatic heterocycles. The first-order chi connectivity index (χ1) is 17.4. The van der Waals surface area contributed by atoms with Crippen molar-refractivity contribution in [3.8, 4) is 17.0 Å². The quantitative estimate of drug-likeness (QED) is 0.384. The van der Waals surface area contributed by atoms with E-state index in [0.29, 0.717) is 19.6 Å². The van der Waals surface area contributed by atoms with Gasteiger partial charge in [-0.05, 0) is 49.1 Å². The van der Waals surface area contributed by atoms with Crippen LogP contribution < -0.4 is 9.64 Å². The average Bonchev–Trinajstić information content (AvgIpc) is 3.35. The summed E-state index contributed by atoms with van der Waals surface area (Å²) in [6, 6.07) is 12.8. The normalized spacial score (nSPS) is 14.1. The molecule has 36 heavy (non-hydrogen) atoms. The Morgan fingerprint density at radius 1 is 1.19 bits per heavy atom. The molecule has 1 N–H and O–H groups in total. The fourth-order valence-corrected chi connectivity index (χ4v) is 5.11. The van der Waals surface area contributed by atoms with Crippen LogP contribution in [0.5, 0.6) is 5.75 Å². The van der Waals surface area contributed by atoms with Crippen molar-refractivity contribution >= 4 is 22.4 Å². The van der Waals surface area contributed by atoms with E-state index in [2.05, 4.69) is 49.1 Å². The number of nitrogens with zero attached hydrogens (tertiary/aromatic N) is 3. The number of benzene rings is 2. The Morgan fingerprint density at radius 2 is 2.00 bits per heavy atom. The SMILES string of the molecule is Cc1ccc(OCc2ccc(CN3CCOCC3)cc2C)c(-c2csc(N(C)CCCC(=O)O)n2)c1. The minimum absolute atomic E-state index is 0.159. The van der Waals surface area contributed by atoms with Gasteiger partial charge in [-0.15, -0.1) is 11.3 Å². The van der Waals surface area contributed by atoms with Gasteiger partial charge in [0.1, 0.15) is 12.4 Å². The second-order valence-corrected chi connectivity index (χ2v) is 10.2. The molecule has 8 heteroatoms. The van der Waals surface area contributed by atoms with Gasteiger partial charge in [0.2, 0.25) is 0 Å². The lowest BCUT2D eigenvalue weighted by molar-refractivity contribution is -0.137. The first-order valence-corrected chi connectivity index (χ1v) is 13.3. The van der Waals surface area contributed by atoms with Crippen LogP contribution in [-0.2, 0) is 22.7 Å². The Bertz CT molecular complexity index is 1170. The number of hydrogen-bond donors (Lipinski definition) is 1. The third-order valence-electron chi connectivity index (χ3n) is 6.41. The molecule has 0 atom stereocenters. The Hall–Kier alpha value is -2.94. The molecule has 3 aromatic rings. The van der Waals surface area contributed by atoms with Crippen molar-refractivity contribution in [2.24, 2.45) is 0 Å². The summed E-state index contributed by atoms with van der Waals surface area (Å²) in [5.74, 6) is 0.0366. The molecule has 0 amide bonds. The maximum absolute atomic E-state index is 10.8. The Kier molecular flexibility index (Phi) is 8.96. The van der Waals surface area contributed by atoms with Gasteiger partial charge < -0.3 is 19.5 Å². The Morgan fingerprint density at radius 3 is 2.75 bits per heavy atom. The van der Waals surface area contributed by atoms with Crippen LogP contribution in [0, 0.1) is 13.8 Å². The van der Waals surface area contributed by atoms with E-state index in [1.165, 1.54) is 16.7 Å². The molecule has 7 nitrogen and oxygen atoms in total. The van der Waals surface area contributed by atoms with Crippen LogP contribution in [0.4, 0.5) is 5.13 Å². The van der Waals surface area contributed by atoms with E-state index in [1.807, 2.05) is 23.4 Å².